The number of carboxylic acids is 1. The second-order valence-electron chi connectivity index (χ2n) is 5.15. The number of carbonyl (C=O) groups is 1. The maximum atomic E-state index is 11.5. The molecule has 6 heteroatoms. The third kappa shape index (κ3) is 2.22. The van der Waals surface area contributed by atoms with Gasteiger partial charge in [0, 0.05) is 6.20 Å². The van der Waals surface area contributed by atoms with Crippen LogP contribution in [0.2, 0.25) is 0 Å². The number of anilines is 1. The number of rotatable bonds is 3. The highest BCUT2D eigenvalue weighted by molar-refractivity contribution is 5.93. The minimum absolute atomic E-state index is 0.110. The summed E-state index contributed by atoms with van der Waals surface area (Å²) < 4.78 is 1.54. The van der Waals surface area contributed by atoms with Gasteiger partial charge in [0.1, 0.15) is 5.65 Å². The Balaban J connectivity index is 1.98. The lowest BCUT2D eigenvalue weighted by atomic mass is 9.92. The van der Waals surface area contributed by atoms with Crippen molar-refractivity contribution in [2.24, 2.45) is 0 Å². The number of nitrogens with one attached hydrogen (secondary N) is 1. The summed E-state index contributed by atoms with van der Waals surface area (Å²) in [7, 11) is 0. The van der Waals surface area contributed by atoms with E-state index in [2.05, 4.69) is 10.3 Å². The molecule has 3 rings (SSSR count). The summed E-state index contributed by atoms with van der Waals surface area (Å²) in [5.41, 5.74) is 0.691. The molecule has 2 aromatic heterocycles. The van der Waals surface area contributed by atoms with E-state index < -0.39 is 12.1 Å². The van der Waals surface area contributed by atoms with Crippen molar-refractivity contribution in [3.63, 3.8) is 0 Å². The van der Waals surface area contributed by atoms with E-state index in [0.717, 1.165) is 25.7 Å². The predicted octanol–water partition coefficient (Wildman–Crippen LogP) is 1.75. The van der Waals surface area contributed by atoms with Gasteiger partial charge in [-0.3, -0.25) is 4.40 Å². The molecule has 3 N–H and O–H groups in total. The Morgan fingerprint density at radius 1 is 1.35 bits per heavy atom. The van der Waals surface area contributed by atoms with E-state index >= 15 is 0 Å². The highest BCUT2D eigenvalue weighted by Crippen LogP contribution is 2.24. The molecule has 0 aromatic carbocycles. The molecule has 0 amide bonds. The second-order valence-corrected chi connectivity index (χ2v) is 5.15. The number of pyridine rings is 1. The van der Waals surface area contributed by atoms with Gasteiger partial charge in [0.2, 0.25) is 0 Å². The van der Waals surface area contributed by atoms with Gasteiger partial charge >= 0.3 is 5.97 Å². The van der Waals surface area contributed by atoms with Crippen molar-refractivity contribution in [1.82, 2.24) is 9.38 Å². The minimum Gasteiger partial charge on any atom is -0.476 e. The van der Waals surface area contributed by atoms with Crippen LogP contribution < -0.4 is 5.32 Å². The van der Waals surface area contributed by atoms with Gasteiger partial charge in [0.25, 0.3) is 0 Å². The van der Waals surface area contributed by atoms with Gasteiger partial charge in [0.05, 0.1) is 12.1 Å². The van der Waals surface area contributed by atoms with Crippen molar-refractivity contribution >= 4 is 17.4 Å². The lowest BCUT2D eigenvalue weighted by Gasteiger charge is -2.28. The first-order valence-corrected chi connectivity index (χ1v) is 6.82. The Hall–Kier alpha value is -2.08. The van der Waals surface area contributed by atoms with Gasteiger partial charge in [-0.15, -0.1) is 0 Å². The molecule has 2 atom stereocenters. The first-order chi connectivity index (χ1) is 9.66. The Kier molecular flexibility index (Phi) is 3.31. The van der Waals surface area contributed by atoms with E-state index in [0.29, 0.717) is 11.5 Å². The van der Waals surface area contributed by atoms with Crippen molar-refractivity contribution in [1.29, 1.82) is 0 Å². The monoisotopic (exact) mass is 275 g/mol. The highest BCUT2D eigenvalue weighted by atomic mass is 16.4. The predicted molar refractivity (Wildman–Crippen MR) is 74.0 cm³/mol. The number of aromatic carboxylic acids is 1. The highest BCUT2D eigenvalue weighted by Gasteiger charge is 2.26. The third-order valence-electron chi connectivity index (χ3n) is 3.78. The van der Waals surface area contributed by atoms with Crippen LogP contribution in [0.25, 0.3) is 5.65 Å². The lowest BCUT2D eigenvalue weighted by molar-refractivity contribution is 0.0689. The molecular formula is C14H17N3O3. The molecule has 0 aliphatic heterocycles. The molecule has 0 bridgehead atoms. The number of nitrogens with zero attached hydrogens (tertiary/aromatic N) is 2. The lowest BCUT2D eigenvalue weighted by Crippen LogP contribution is -2.36. The molecule has 2 aromatic rings. The Morgan fingerprint density at radius 2 is 2.15 bits per heavy atom. The van der Waals surface area contributed by atoms with Crippen LogP contribution in [0.5, 0.6) is 0 Å². The van der Waals surface area contributed by atoms with Crippen molar-refractivity contribution in [3.05, 3.63) is 30.1 Å². The summed E-state index contributed by atoms with van der Waals surface area (Å²) in [5.74, 6) is -0.703. The molecule has 106 valence electrons. The first-order valence-electron chi connectivity index (χ1n) is 6.82. The summed E-state index contributed by atoms with van der Waals surface area (Å²) in [5, 5.41) is 22.5. The van der Waals surface area contributed by atoms with Crippen LogP contribution in [0.4, 0.5) is 5.82 Å². The third-order valence-corrected chi connectivity index (χ3v) is 3.78. The van der Waals surface area contributed by atoms with E-state index in [9.17, 15) is 15.0 Å². The molecule has 0 radical (unpaired) electrons. The van der Waals surface area contributed by atoms with Crippen molar-refractivity contribution in [3.8, 4) is 0 Å². The fourth-order valence-corrected chi connectivity index (χ4v) is 2.76. The van der Waals surface area contributed by atoms with Crippen LogP contribution in [0.15, 0.2) is 24.4 Å². The normalized spacial score (nSPS) is 22.9. The summed E-state index contributed by atoms with van der Waals surface area (Å²) in [6.07, 6.45) is 4.84. The molecule has 2 heterocycles. The van der Waals surface area contributed by atoms with Gasteiger partial charge < -0.3 is 15.5 Å². The standard InChI is InChI=1S/C14H17N3O3/c18-10-6-2-1-5-9(10)15-13-12(14(19)20)17-8-4-3-7-11(17)16-13/h3-4,7-10,15,18H,1-2,5-6H2,(H,19,20). The van der Waals surface area contributed by atoms with E-state index in [1.165, 1.54) is 0 Å². The van der Waals surface area contributed by atoms with Crippen molar-refractivity contribution in [2.45, 2.75) is 37.8 Å². The molecule has 0 saturated heterocycles. The van der Waals surface area contributed by atoms with Crippen molar-refractivity contribution in [2.75, 3.05) is 5.32 Å². The van der Waals surface area contributed by atoms with Crippen LogP contribution in [-0.4, -0.2) is 37.7 Å². The van der Waals surface area contributed by atoms with Crippen LogP contribution in [0, 0.1) is 0 Å². The Labute approximate surface area is 116 Å². The molecule has 1 aliphatic carbocycles. The quantitative estimate of drug-likeness (QED) is 0.794. The van der Waals surface area contributed by atoms with Crippen LogP contribution in [0.1, 0.15) is 36.2 Å². The number of fused-ring (bicyclic) bond motifs is 1. The van der Waals surface area contributed by atoms with E-state index in [1.54, 1.807) is 22.7 Å². The van der Waals surface area contributed by atoms with Gasteiger partial charge in [-0.05, 0) is 25.0 Å². The number of imidazole rings is 1. The van der Waals surface area contributed by atoms with E-state index in [1.807, 2.05) is 6.07 Å². The van der Waals surface area contributed by atoms with E-state index in [-0.39, 0.29) is 11.7 Å². The minimum atomic E-state index is -1.03. The zero-order chi connectivity index (χ0) is 14.1. The summed E-state index contributed by atoms with van der Waals surface area (Å²) in [6, 6.07) is 5.20. The first kappa shape index (κ1) is 12.9. The zero-order valence-corrected chi connectivity index (χ0v) is 11.0. The van der Waals surface area contributed by atoms with Crippen LogP contribution in [0.3, 0.4) is 0 Å². The SMILES string of the molecule is O=C(O)c1c(NC2CCCCC2O)nc2ccccn12. The van der Waals surface area contributed by atoms with Gasteiger partial charge in [-0.1, -0.05) is 18.9 Å². The molecule has 1 fully saturated rings. The van der Waals surface area contributed by atoms with Gasteiger partial charge in [0.15, 0.2) is 11.5 Å². The zero-order valence-electron chi connectivity index (χ0n) is 11.0. The number of hydrogen-bond acceptors (Lipinski definition) is 4. The largest absolute Gasteiger partial charge is 0.476 e. The molecule has 0 spiro atoms. The number of aliphatic hydroxyl groups excluding tert-OH is 1. The average Bonchev–Trinajstić information content (AvgIpc) is 2.79. The summed E-state index contributed by atoms with van der Waals surface area (Å²) >= 11 is 0. The van der Waals surface area contributed by atoms with Gasteiger partial charge in [-0.25, -0.2) is 9.78 Å². The smallest absolute Gasteiger partial charge is 0.356 e. The number of aromatic nitrogens is 2. The summed E-state index contributed by atoms with van der Waals surface area (Å²) in [4.78, 5) is 15.8. The fourth-order valence-electron chi connectivity index (χ4n) is 2.76. The van der Waals surface area contributed by atoms with Gasteiger partial charge in [-0.2, -0.15) is 0 Å². The fraction of sp³-hybridized carbons (Fsp3) is 0.429. The Bertz CT molecular complexity index is 638. The molecule has 20 heavy (non-hydrogen) atoms. The molecule has 6 nitrogen and oxygen atoms in total. The maximum absolute atomic E-state index is 11.5. The summed E-state index contributed by atoms with van der Waals surface area (Å²) in [6.45, 7) is 0. The second kappa shape index (κ2) is 5.13. The maximum Gasteiger partial charge on any atom is 0.356 e. The number of carboxylic acid groups (broad SMARTS) is 1. The van der Waals surface area contributed by atoms with E-state index in [4.69, 9.17) is 0 Å². The number of hydrogen-bond donors (Lipinski definition) is 3. The van der Waals surface area contributed by atoms with Crippen LogP contribution >= 0.6 is 0 Å². The molecular weight excluding hydrogens is 258 g/mol. The average molecular weight is 275 g/mol. The van der Waals surface area contributed by atoms with Crippen molar-refractivity contribution < 1.29 is 15.0 Å². The van der Waals surface area contributed by atoms with Crippen LogP contribution in [-0.2, 0) is 0 Å². The molecule has 1 saturated carbocycles. The topological polar surface area (TPSA) is 86.9 Å². The molecule has 1 aliphatic rings. The molecule has 2 unspecified atom stereocenters. The number of aliphatic hydroxyl groups is 1. The Morgan fingerprint density at radius 3 is 2.90 bits per heavy atom.